The summed E-state index contributed by atoms with van der Waals surface area (Å²) in [5, 5.41) is 11.9. The molecular weight excluding hydrogens is 118 g/mol. The highest BCUT2D eigenvalue weighted by Crippen LogP contribution is 1.96. The van der Waals surface area contributed by atoms with Gasteiger partial charge in [0.2, 0.25) is 0 Å². The highest BCUT2D eigenvalue weighted by atomic mass is 16.5. The van der Waals surface area contributed by atoms with Crippen molar-refractivity contribution in [3.05, 3.63) is 0 Å². The van der Waals surface area contributed by atoms with E-state index in [0.29, 0.717) is 12.5 Å². The fourth-order valence-electron chi connectivity index (χ4n) is 0.877. The van der Waals surface area contributed by atoms with Crippen molar-refractivity contribution in [2.24, 2.45) is 5.92 Å². The lowest BCUT2D eigenvalue weighted by Gasteiger charge is -2.07. The van der Waals surface area contributed by atoms with Crippen LogP contribution < -0.4 is 5.32 Å². The molecular formula is C6H13NO2. The molecule has 0 aromatic rings. The predicted molar refractivity (Wildman–Crippen MR) is 34.3 cm³/mol. The first-order valence-electron chi connectivity index (χ1n) is 3.33. The summed E-state index contributed by atoms with van der Waals surface area (Å²) < 4.78 is 5.18. The predicted octanol–water partition coefficient (Wildman–Crippen LogP) is -0.785. The molecule has 0 saturated carbocycles. The van der Waals surface area contributed by atoms with Crippen LogP contribution in [-0.4, -0.2) is 38.0 Å². The van der Waals surface area contributed by atoms with E-state index in [1.807, 2.05) is 0 Å². The number of hydrogen-bond donors (Lipinski definition) is 2. The van der Waals surface area contributed by atoms with E-state index in [1.54, 1.807) is 0 Å². The molecule has 2 N–H and O–H groups in total. The maximum Gasteiger partial charge on any atom is 0.0591 e. The van der Waals surface area contributed by atoms with E-state index in [4.69, 9.17) is 9.84 Å². The van der Waals surface area contributed by atoms with Gasteiger partial charge in [-0.2, -0.15) is 0 Å². The zero-order valence-corrected chi connectivity index (χ0v) is 5.47. The van der Waals surface area contributed by atoms with Crippen LogP contribution in [0.15, 0.2) is 0 Å². The number of rotatable bonds is 1. The number of ether oxygens (including phenoxy) is 1. The Hall–Kier alpha value is -0.120. The van der Waals surface area contributed by atoms with E-state index in [0.717, 1.165) is 19.7 Å². The number of aliphatic hydroxyl groups excluding tert-OH is 1. The lowest BCUT2D eigenvalue weighted by Crippen LogP contribution is -2.24. The fourth-order valence-corrected chi connectivity index (χ4v) is 0.877. The summed E-state index contributed by atoms with van der Waals surface area (Å²) >= 11 is 0. The Morgan fingerprint density at radius 1 is 1.67 bits per heavy atom. The molecule has 0 bridgehead atoms. The van der Waals surface area contributed by atoms with Gasteiger partial charge in [-0.3, -0.25) is 0 Å². The molecule has 54 valence electrons. The van der Waals surface area contributed by atoms with Gasteiger partial charge >= 0.3 is 0 Å². The minimum absolute atomic E-state index is 0.229. The van der Waals surface area contributed by atoms with Crippen LogP contribution in [0.1, 0.15) is 0 Å². The summed E-state index contributed by atoms with van der Waals surface area (Å²) in [5.41, 5.74) is 0. The molecule has 9 heavy (non-hydrogen) atoms. The van der Waals surface area contributed by atoms with Crippen LogP contribution in [0, 0.1) is 5.92 Å². The molecule has 3 heteroatoms. The molecule has 1 aliphatic rings. The van der Waals surface area contributed by atoms with Gasteiger partial charge in [0.1, 0.15) is 0 Å². The van der Waals surface area contributed by atoms with Crippen LogP contribution in [0.2, 0.25) is 0 Å². The topological polar surface area (TPSA) is 41.5 Å². The van der Waals surface area contributed by atoms with Gasteiger partial charge in [0.25, 0.3) is 0 Å². The van der Waals surface area contributed by atoms with E-state index in [-0.39, 0.29) is 6.61 Å². The van der Waals surface area contributed by atoms with E-state index < -0.39 is 0 Å². The first kappa shape index (κ1) is 6.99. The first-order chi connectivity index (χ1) is 4.43. The Morgan fingerprint density at radius 2 is 2.56 bits per heavy atom. The Bertz CT molecular complexity index is 69.5. The Kier molecular flexibility index (Phi) is 2.97. The summed E-state index contributed by atoms with van der Waals surface area (Å²) in [7, 11) is 0. The van der Waals surface area contributed by atoms with E-state index >= 15 is 0 Å². The van der Waals surface area contributed by atoms with Crippen molar-refractivity contribution in [3.63, 3.8) is 0 Å². The summed E-state index contributed by atoms with van der Waals surface area (Å²) in [6.45, 7) is 3.50. The second-order valence-corrected chi connectivity index (χ2v) is 2.33. The van der Waals surface area contributed by atoms with Gasteiger partial charge in [-0.25, -0.2) is 0 Å². The number of aliphatic hydroxyl groups is 1. The molecule has 0 aliphatic carbocycles. The molecule has 3 nitrogen and oxygen atoms in total. The molecule has 0 spiro atoms. The molecule has 0 radical (unpaired) electrons. The maximum absolute atomic E-state index is 8.70. The molecule has 1 saturated heterocycles. The molecule has 1 rings (SSSR count). The van der Waals surface area contributed by atoms with Crippen LogP contribution in [0.3, 0.4) is 0 Å². The Labute approximate surface area is 55.0 Å². The lowest BCUT2D eigenvalue weighted by atomic mass is 10.2. The normalized spacial score (nSPS) is 29.7. The van der Waals surface area contributed by atoms with Gasteiger partial charge in [0.15, 0.2) is 0 Å². The highest BCUT2D eigenvalue weighted by molar-refractivity contribution is 4.63. The van der Waals surface area contributed by atoms with Crippen molar-refractivity contribution < 1.29 is 9.84 Å². The molecule has 0 unspecified atom stereocenters. The lowest BCUT2D eigenvalue weighted by molar-refractivity contribution is 0.0959. The van der Waals surface area contributed by atoms with Gasteiger partial charge in [0.05, 0.1) is 13.2 Å². The third-order valence-corrected chi connectivity index (χ3v) is 1.47. The molecule has 0 amide bonds. The van der Waals surface area contributed by atoms with Crippen molar-refractivity contribution in [2.75, 3.05) is 32.9 Å². The summed E-state index contributed by atoms with van der Waals surface area (Å²) in [4.78, 5) is 0. The van der Waals surface area contributed by atoms with Crippen molar-refractivity contribution in [1.82, 2.24) is 5.32 Å². The zero-order valence-electron chi connectivity index (χ0n) is 5.47. The van der Waals surface area contributed by atoms with E-state index in [2.05, 4.69) is 5.32 Å². The van der Waals surface area contributed by atoms with Crippen molar-refractivity contribution >= 4 is 0 Å². The van der Waals surface area contributed by atoms with Crippen LogP contribution in [0.25, 0.3) is 0 Å². The summed E-state index contributed by atoms with van der Waals surface area (Å²) in [6, 6.07) is 0. The van der Waals surface area contributed by atoms with Gasteiger partial charge < -0.3 is 15.2 Å². The second-order valence-electron chi connectivity index (χ2n) is 2.33. The van der Waals surface area contributed by atoms with E-state index in [1.165, 1.54) is 0 Å². The molecule has 0 aromatic carbocycles. The highest BCUT2D eigenvalue weighted by Gasteiger charge is 2.09. The smallest absolute Gasteiger partial charge is 0.0591 e. The summed E-state index contributed by atoms with van der Waals surface area (Å²) in [5.74, 6) is 0.299. The van der Waals surface area contributed by atoms with Gasteiger partial charge in [-0.15, -0.1) is 0 Å². The first-order valence-corrected chi connectivity index (χ1v) is 3.33. The molecule has 0 aromatic heterocycles. The Morgan fingerprint density at radius 3 is 3.33 bits per heavy atom. The third kappa shape index (κ3) is 2.30. The monoisotopic (exact) mass is 131 g/mol. The molecule has 1 aliphatic heterocycles. The van der Waals surface area contributed by atoms with Crippen molar-refractivity contribution in [3.8, 4) is 0 Å². The second kappa shape index (κ2) is 3.82. The zero-order chi connectivity index (χ0) is 6.53. The Balaban J connectivity index is 2.18. The number of hydrogen-bond acceptors (Lipinski definition) is 3. The van der Waals surface area contributed by atoms with E-state index in [9.17, 15) is 0 Å². The SMILES string of the molecule is OC[C@@H]1CNCCOC1. The van der Waals surface area contributed by atoms with Crippen LogP contribution in [0.4, 0.5) is 0 Å². The average molecular weight is 131 g/mol. The minimum atomic E-state index is 0.229. The largest absolute Gasteiger partial charge is 0.396 e. The van der Waals surface area contributed by atoms with Crippen molar-refractivity contribution in [1.29, 1.82) is 0 Å². The molecule has 1 atom stereocenters. The maximum atomic E-state index is 8.70. The fraction of sp³-hybridized carbons (Fsp3) is 1.00. The van der Waals surface area contributed by atoms with Crippen LogP contribution in [-0.2, 0) is 4.74 Å². The van der Waals surface area contributed by atoms with Crippen molar-refractivity contribution in [2.45, 2.75) is 0 Å². The quantitative estimate of drug-likeness (QED) is 0.490. The third-order valence-electron chi connectivity index (χ3n) is 1.47. The standard InChI is InChI=1S/C6H13NO2/c8-4-6-3-7-1-2-9-5-6/h6-8H,1-5H2/t6-/m0/s1. The van der Waals surface area contributed by atoms with Crippen LogP contribution >= 0.6 is 0 Å². The van der Waals surface area contributed by atoms with Gasteiger partial charge in [0, 0.05) is 25.6 Å². The number of nitrogens with one attached hydrogen (secondary N) is 1. The van der Waals surface area contributed by atoms with Gasteiger partial charge in [-0.05, 0) is 0 Å². The minimum Gasteiger partial charge on any atom is -0.396 e. The molecule has 1 fully saturated rings. The van der Waals surface area contributed by atoms with Gasteiger partial charge in [-0.1, -0.05) is 0 Å². The molecule has 1 heterocycles. The summed E-state index contributed by atoms with van der Waals surface area (Å²) in [6.07, 6.45) is 0. The average Bonchev–Trinajstić information content (AvgIpc) is 2.13. The van der Waals surface area contributed by atoms with Crippen LogP contribution in [0.5, 0.6) is 0 Å².